The summed E-state index contributed by atoms with van der Waals surface area (Å²) < 4.78 is 5.80. The van der Waals surface area contributed by atoms with Crippen molar-refractivity contribution < 1.29 is 14.7 Å². The number of aliphatic hydroxyl groups is 1. The Labute approximate surface area is 167 Å². The molecule has 150 valence electrons. The minimum Gasteiger partial charge on any atom is -0.390 e. The first-order valence-electron chi connectivity index (χ1n) is 9.49. The van der Waals surface area contributed by atoms with Crippen molar-refractivity contribution in [3.8, 4) is 0 Å². The smallest absolute Gasteiger partial charge is 0.325 e. The summed E-state index contributed by atoms with van der Waals surface area (Å²) in [5.74, 6) is 0.735. The third kappa shape index (κ3) is 3.57. The van der Waals surface area contributed by atoms with Crippen LogP contribution in [0.5, 0.6) is 0 Å². The number of nitrogens with one attached hydrogen (secondary N) is 1. The Hall–Kier alpha value is -2.23. The zero-order valence-electron chi connectivity index (χ0n) is 16.1. The number of anilines is 1. The van der Waals surface area contributed by atoms with E-state index in [1.54, 1.807) is 13.8 Å². The molecule has 1 atom stereocenters. The van der Waals surface area contributed by atoms with Gasteiger partial charge in [-0.25, -0.2) is 4.79 Å². The largest absolute Gasteiger partial charge is 0.390 e. The molecule has 2 saturated heterocycles. The molecule has 2 aliphatic rings. The molecule has 4 rings (SSSR count). The lowest BCUT2D eigenvalue weighted by Gasteiger charge is -2.36. The molecule has 3 amide bonds. The topological polar surface area (TPSA) is 89.0 Å². The van der Waals surface area contributed by atoms with Gasteiger partial charge in [0.1, 0.15) is 11.4 Å². The zero-order valence-corrected chi connectivity index (χ0v) is 16.9. The Morgan fingerprint density at radius 3 is 2.57 bits per heavy atom. The lowest BCUT2D eigenvalue weighted by molar-refractivity contribution is -0.131. The van der Waals surface area contributed by atoms with Crippen molar-refractivity contribution in [2.45, 2.75) is 25.5 Å². The van der Waals surface area contributed by atoms with Crippen LogP contribution in [-0.2, 0) is 4.79 Å². The molecule has 28 heavy (non-hydrogen) atoms. The molecule has 0 saturated carbocycles. The van der Waals surface area contributed by atoms with Gasteiger partial charge >= 0.3 is 6.03 Å². The average Bonchev–Trinajstić information content (AvgIpc) is 3.17. The number of fused-ring (bicyclic) bond motifs is 1. The summed E-state index contributed by atoms with van der Waals surface area (Å²) in [7, 11) is 0. The molecule has 2 aliphatic heterocycles. The van der Waals surface area contributed by atoms with Gasteiger partial charge in [-0.1, -0.05) is 12.1 Å². The summed E-state index contributed by atoms with van der Waals surface area (Å²) >= 11 is 1.52. The van der Waals surface area contributed by atoms with Gasteiger partial charge in [-0.2, -0.15) is 4.37 Å². The van der Waals surface area contributed by atoms with Crippen LogP contribution in [0.1, 0.15) is 13.8 Å². The second kappa shape index (κ2) is 7.31. The maximum Gasteiger partial charge on any atom is 0.325 e. The third-order valence-electron chi connectivity index (χ3n) is 5.34. The van der Waals surface area contributed by atoms with Gasteiger partial charge in [0.2, 0.25) is 0 Å². The molecule has 9 heteroatoms. The molecule has 3 heterocycles. The van der Waals surface area contributed by atoms with E-state index >= 15 is 0 Å². The molecule has 0 bridgehead atoms. The first kappa shape index (κ1) is 19.1. The Balaban J connectivity index is 1.31. The molecule has 1 aromatic carbocycles. The Morgan fingerprint density at radius 1 is 1.18 bits per heavy atom. The van der Waals surface area contributed by atoms with Crippen LogP contribution in [0.3, 0.4) is 0 Å². The number of nitrogens with zero attached hydrogens (tertiary/aromatic N) is 4. The van der Waals surface area contributed by atoms with Gasteiger partial charge in [0.25, 0.3) is 5.91 Å². The van der Waals surface area contributed by atoms with Crippen LogP contribution in [0, 0.1) is 0 Å². The number of carbonyl (C=O) groups excluding carboxylic acids is 2. The second-order valence-electron chi connectivity index (χ2n) is 7.91. The van der Waals surface area contributed by atoms with E-state index in [-0.39, 0.29) is 12.5 Å². The van der Waals surface area contributed by atoms with Gasteiger partial charge in [0.15, 0.2) is 0 Å². The molecule has 2 N–H and O–H groups in total. The monoisotopic (exact) mass is 403 g/mol. The molecule has 1 unspecified atom stereocenters. The number of amides is 3. The van der Waals surface area contributed by atoms with E-state index in [4.69, 9.17) is 0 Å². The fourth-order valence-corrected chi connectivity index (χ4v) is 4.59. The summed E-state index contributed by atoms with van der Waals surface area (Å²) in [6, 6.07) is 7.80. The van der Waals surface area contributed by atoms with Crippen LogP contribution in [-0.4, -0.2) is 82.1 Å². The van der Waals surface area contributed by atoms with Crippen LogP contribution in [0.2, 0.25) is 0 Å². The van der Waals surface area contributed by atoms with E-state index in [9.17, 15) is 14.7 Å². The quantitative estimate of drug-likeness (QED) is 0.727. The lowest BCUT2D eigenvalue weighted by atomic mass is 10.1. The molecule has 2 aromatic rings. The van der Waals surface area contributed by atoms with E-state index in [0.717, 1.165) is 36.9 Å². The van der Waals surface area contributed by atoms with Crippen molar-refractivity contribution in [2.75, 3.05) is 44.2 Å². The summed E-state index contributed by atoms with van der Waals surface area (Å²) in [6.45, 7) is 7.05. The van der Waals surface area contributed by atoms with Crippen LogP contribution >= 0.6 is 11.5 Å². The number of piperazine rings is 1. The number of urea groups is 1. The molecule has 0 aliphatic carbocycles. The van der Waals surface area contributed by atoms with Crippen LogP contribution < -0.4 is 10.2 Å². The maximum atomic E-state index is 12.3. The highest BCUT2D eigenvalue weighted by molar-refractivity contribution is 7.13. The van der Waals surface area contributed by atoms with Gasteiger partial charge in [-0.05, 0) is 37.5 Å². The molecular weight excluding hydrogens is 378 g/mol. The molecule has 8 nitrogen and oxygen atoms in total. The highest BCUT2D eigenvalue weighted by atomic mass is 32.1. The predicted molar refractivity (Wildman–Crippen MR) is 109 cm³/mol. The average molecular weight is 404 g/mol. The van der Waals surface area contributed by atoms with E-state index < -0.39 is 17.7 Å². The number of rotatable bonds is 5. The normalized spacial score (nSPS) is 21.4. The SMILES string of the molecule is CC1(C)NC(=O)N(CC(O)CN2CCN(c3nsc4ccccc34)CC2)C1=O. The van der Waals surface area contributed by atoms with E-state index in [2.05, 4.69) is 31.6 Å². The fourth-order valence-electron chi connectivity index (χ4n) is 3.79. The van der Waals surface area contributed by atoms with Gasteiger partial charge in [0.05, 0.1) is 17.3 Å². The Morgan fingerprint density at radius 2 is 1.89 bits per heavy atom. The van der Waals surface area contributed by atoms with Crippen LogP contribution in [0.15, 0.2) is 24.3 Å². The van der Waals surface area contributed by atoms with Crippen LogP contribution in [0.25, 0.3) is 10.1 Å². The highest BCUT2D eigenvalue weighted by Crippen LogP contribution is 2.29. The van der Waals surface area contributed by atoms with Crippen molar-refractivity contribution in [3.63, 3.8) is 0 Å². The van der Waals surface area contributed by atoms with Gasteiger partial charge in [-0.15, -0.1) is 0 Å². The number of aliphatic hydroxyl groups excluding tert-OH is 1. The summed E-state index contributed by atoms with van der Waals surface area (Å²) in [4.78, 5) is 29.8. The summed E-state index contributed by atoms with van der Waals surface area (Å²) in [5, 5.41) is 14.2. The Bertz CT molecular complexity index is 891. The van der Waals surface area contributed by atoms with E-state index in [1.165, 1.54) is 21.6 Å². The number of imide groups is 1. The minimum absolute atomic E-state index is 0.0189. The van der Waals surface area contributed by atoms with Crippen molar-refractivity contribution in [1.82, 2.24) is 19.5 Å². The minimum atomic E-state index is -0.904. The third-order valence-corrected chi connectivity index (χ3v) is 6.15. The zero-order chi connectivity index (χ0) is 19.9. The van der Waals surface area contributed by atoms with Gasteiger partial charge < -0.3 is 15.3 Å². The number of β-amino-alcohol motifs (C(OH)–C–C–N with tert-alkyl or cyclic N) is 1. The highest BCUT2D eigenvalue weighted by Gasteiger charge is 2.44. The summed E-state index contributed by atoms with van der Waals surface area (Å²) in [6.07, 6.45) is -0.768. The lowest BCUT2D eigenvalue weighted by Crippen LogP contribution is -2.50. The molecule has 1 aromatic heterocycles. The van der Waals surface area contributed by atoms with Crippen LogP contribution in [0.4, 0.5) is 10.6 Å². The predicted octanol–water partition coefficient (Wildman–Crippen LogP) is 1.11. The Kier molecular flexibility index (Phi) is 4.98. The van der Waals surface area contributed by atoms with E-state index in [0.29, 0.717) is 6.54 Å². The standard InChI is InChI=1S/C19H25N5O3S/c1-19(2)17(26)24(18(27)20-19)12-13(25)11-22-7-9-23(10-8-22)16-14-5-3-4-6-15(14)28-21-16/h3-6,13,25H,7-12H2,1-2H3,(H,20,27). The number of hydrogen-bond acceptors (Lipinski definition) is 7. The first-order valence-corrected chi connectivity index (χ1v) is 10.3. The number of carbonyl (C=O) groups is 2. The number of aromatic nitrogens is 1. The van der Waals surface area contributed by atoms with Crippen molar-refractivity contribution in [2.24, 2.45) is 0 Å². The molecule has 0 spiro atoms. The molecular formula is C19H25N5O3S. The van der Waals surface area contributed by atoms with Crippen molar-refractivity contribution in [1.29, 1.82) is 0 Å². The second-order valence-corrected chi connectivity index (χ2v) is 8.72. The van der Waals surface area contributed by atoms with Gasteiger partial charge in [0, 0.05) is 38.1 Å². The van der Waals surface area contributed by atoms with E-state index in [1.807, 2.05) is 12.1 Å². The first-order chi connectivity index (χ1) is 13.3. The van der Waals surface area contributed by atoms with Crippen molar-refractivity contribution >= 4 is 39.4 Å². The molecule has 2 fully saturated rings. The maximum absolute atomic E-state index is 12.3. The fraction of sp³-hybridized carbons (Fsp3) is 0.526. The van der Waals surface area contributed by atoms with Crippen molar-refractivity contribution in [3.05, 3.63) is 24.3 Å². The summed E-state index contributed by atoms with van der Waals surface area (Å²) in [5.41, 5.74) is -0.904. The molecule has 0 radical (unpaired) electrons. The number of benzene rings is 1. The van der Waals surface area contributed by atoms with Gasteiger partial charge in [-0.3, -0.25) is 14.6 Å². The number of hydrogen-bond donors (Lipinski definition) is 2.